The van der Waals surface area contributed by atoms with Crippen LogP contribution in [-0.4, -0.2) is 46.3 Å². The van der Waals surface area contributed by atoms with Gasteiger partial charge in [-0.15, -0.1) is 0 Å². The minimum atomic E-state index is -4.40. The number of fused-ring (bicyclic) bond motifs is 1. The van der Waals surface area contributed by atoms with E-state index in [4.69, 9.17) is 25.1 Å². The SMILES string of the molecule is C=O.Cc1ccc(O)cc1.Cc1cccc(O)c1.[N-]=[N+]=C1C=Cc2c(cccc2S(=O)(=O)O)C1=O. The number of aryl methyl sites for hydroxylation is 2. The molecule has 3 aromatic rings. The van der Waals surface area contributed by atoms with E-state index in [9.17, 15) is 13.2 Å². The van der Waals surface area contributed by atoms with Crippen LogP contribution in [0.25, 0.3) is 11.6 Å². The number of allylic oxidation sites excluding steroid dienone is 1. The van der Waals surface area contributed by atoms with Gasteiger partial charge in [-0.05, 0) is 55.8 Å². The van der Waals surface area contributed by atoms with Gasteiger partial charge in [0.25, 0.3) is 15.9 Å². The molecule has 0 fully saturated rings. The normalized spacial score (nSPS) is 11.3. The lowest BCUT2D eigenvalue weighted by molar-refractivity contribution is -0.0980. The van der Waals surface area contributed by atoms with Gasteiger partial charge in [0.15, 0.2) is 0 Å². The number of benzene rings is 3. The number of hydrogen-bond acceptors (Lipinski definition) is 6. The summed E-state index contributed by atoms with van der Waals surface area (Å²) >= 11 is 0. The predicted octanol–water partition coefficient (Wildman–Crippen LogP) is 4.03. The van der Waals surface area contributed by atoms with E-state index in [2.05, 4.69) is 4.79 Å². The predicted molar refractivity (Wildman–Crippen MR) is 131 cm³/mol. The van der Waals surface area contributed by atoms with Crippen molar-refractivity contribution in [2.24, 2.45) is 0 Å². The van der Waals surface area contributed by atoms with Crippen LogP contribution in [0.3, 0.4) is 0 Å². The van der Waals surface area contributed by atoms with E-state index >= 15 is 0 Å². The zero-order chi connectivity index (χ0) is 26.6. The zero-order valence-electron chi connectivity index (χ0n) is 19.0. The first kappa shape index (κ1) is 28.7. The molecule has 0 atom stereocenters. The van der Waals surface area contributed by atoms with Gasteiger partial charge in [-0.2, -0.15) is 13.2 Å². The molecule has 10 heteroatoms. The summed E-state index contributed by atoms with van der Waals surface area (Å²) in [5.74, 6) is 0.0658. The van der Waals surface area contributed by atoms with Gasteiger partial charge in [0.05, 0.1) is 0 Å². The Kier molecular flexibility index (Phi) is 10.9. The van der Waals surface area contributed by atoms with Gasteiger partial charge >= 0.3 is 5.71 Å². The largest absolute Gasteiger partial charge is 0.508 e. The number of hydrogen-bond donors (Lipinski definition) is 3. The van der Waals surface area contributed by atoms with Crippen molar-refractivity contribution in [1.29, 1.82) is 0 Å². The molecular formula is C25H24N2O7S. The molecular weight excluding hydrogens is 472 g/mol. The summed E-state index contributed by atoms with van der Waals surface area (Å²) in [7, 11) is -4.40. The average molecular weight is 497 g/mol. The highest BCUT2D eigenvalue weighted by Gasteiger charge is 2.29. The molecule has 0 radical (unpaired) electrons. The first-order valence-corrected chi connectivity index (χ1v) is 11.3. The molecule has 0 spiro atoms. The van der Waals surface area contributed by atoms with Crippen molar-refractivity contribution < 1.29 is 37.6 Å². The maximum Gasteiger partial charge on any atom is 0.362 e. The van der Waals surface area contributed by atoms with Crippen LogP contribution in [0, 0.1) is 13.8 Å². The molecule has 182 valence electrons. The van der Waals surface area contributed by atoms with Crippen molar-refractivity contribution in [2.75, 3.05) is 0 Å². The Balaban J connectivity index is 0.000000284. The van der Waals surface area contributed by atoms with Crippen molar-refractivity contribution in [1.82, 2.24) is 0 Å². The molecule has 9 nitrogen and oxygen atoms in total. The second-order valence-electron chi connectivity index (χ2n) is 7.01. The number of rotatable bonds is 1. The maximum absolute atomic E-state index is 11.7. The Hall–Kier alpha value is -4.37. The second-order valence-corrected chi connectivity index (χ2v) is 8.40. The molecule has 0 unspecified atom stereocenters. The summed E-state index contributed by atoms with van der Waals surface area (Å²) in [6.07, 6.45) is 2.48. The lowest BCUT2D eigenvalue weighted by Crippen LogP contribution is -2.19. The minimum absolute atomic E-state index is 0.0652. The van der Waals surface area contributed by atoms with E-state index in [-0.39, 0.29) is 21.7 Å². The van der Waals surface area contributed by atoms with E-state index < -0.39 is 15.9 Å². The molecule has 4 rings (SSSR count). The molecule has 0 aromatic heterocycles. The van der Waals surface area contributed by atoms with Gasteiger partial charge in [0.2, 0.25) is 0 Å². The van der Waals surface area contributed by atoms with Crippen LogP contribution in [0.2, 0.25) is 0 Å². The van der Waals surface area contributed by atoms with Crippen LogP contribution in [0.15, 0.2) is 77.7 Å². The zero-order valence-corrected chi connectivity index (χ0v) is 19.8. The Bertz CT molecular complexity index is 1320. The van der Waals surface area contributed by atoms with Crippen molar-refractivity contribution in [2.45, 2.75) is 18.7 Å². The van der Waals surface area contributed by atoms with E-state index in [1.54, 1.807) is 24.3 Å². The van der Waals surface area contributed by atoms with Gasteiger partial charge in [-0.3, -0.25) is 9.35 Å². The Labute approximate surface area is 203 Å². The van der Waals surface area contributed by atoms with Gasteiger partial charge < -0.3 is 20.5 Å². The van der Waals surface area contributed by atoms with E-state index in [0.29, 0.717) is 11.5 Å². The Morgan fingerprint density at radius 1 is 0.829 bits per heavy atom. The number of carbonyl (C=O) groups is 2. The summed E-state index contributed by atoms with van der Waals surface area (Å²) in [5.41, 5.74) is 10.8. The van der Waals surface area contributed by atoms with Gasteiger partial charge in [0.1, 0.15) is 23.2 Å². The average Bonchev–Trinajstić information content (AvgIpc) is 2.82. The van der Waals surface area contributed by atoms with Crippen molar-refractivity contribution in [3.8, 4) is 11.5 Å². The molecule has 35 heavy (non-hydrogen) atoms. The van der Waals surface area contributed by atoms with Crippen LogP contribution >= 0.6 is 0 Å². The first-order chi connectivity index (χ1) is 16.5. The number of Topliss-reactive ketones (excluding diaryl/α,β-unsaturated/α-hetero) is 1. The first-order valence-electron chi connectivity index (χ1n) is 9.88. The van der Waals surface area contributed by atoms with E-state index in [0.717, 1.165) is 5.56 Å². The summed E-state index contributed by atoms with van der Waals surface area (Å²) < 4.78 is 31.2. The third-order valence-corrected chi connectivity index (χ3v) is 5.28. The number of ketones is 1. The van der Waals surface area contributed by atoms with Crippen molar-refractivity contribution >= 4 is 34.5 Å². The number of carbonyl (C=O) groups excluding carboxylic acids is 2. The fourth-order valence-electron chi connectivity index (χ4n) is 2.77. The monoisotopic (exact) mass is 496 g/mol. The third-order valence-electron chi connectivity index (χ3n) is 4.37. The number of phenolic OH excluding ortho intramolecular Hbond substituents is 2. The number of aromatic hydroxyl groups is 2. The van der Waals surface area contributed by atoms with Gasteiger partial charge in [0, 0.05) is 17.2 Å². The van der Waals surface area contributed by atoms with Crippen LogP contribution < -0.4 is 0 Å². The molecule has 0 heterocycles. The van der Waals surface area contributed by atoms with Crippen molar-refractivity contribution in [3.05, 3.63) is 101 Å². The Morgan fingerprint density at radius 3 is 1.89 bits per heavy atom. The summed E-state index contributed by atoms with van der Waals surface area (Å²) in [6.45, 7) is 5.93. The standard InChI is InChI=1S/C10H6N2O4S.2C7H8O.CH2O/c11-12-8-5-4-6-7(10(8)13)2-1-3-9(6)17(14,15)16;1-6-2-4-7(8)5-3-6;1-6-3-2-4-7(8)5-6;1-2/h1-5H,(H,14,15,16);2*2-5,8H,1H3;1H2. The van der Waals surface area contributed by atoms with Crippen LogP contribution in [0.4, 0.5) is 0 Å². The quantitative estimate of drug-likeness (QED) is 0.260. The summed E-state index contributed by atoms with van der Waals surface area (Å²) in [6, 6.07) is 18.1. The summed E-state index contributed by atoms with van der Waals surface area (Å²) in [5, 5.41) is 17.6. The smallest absolute Gasteiger partial charge is 0.362 e. The molecule has 0 saturated heterocycles. The summed E-state index contributed by atoms with van der Waals surface area (Å²) in [4.78, 5) is 22.1. The molecule has 1 aliphatic rings. The molecule has 0 aliphatic heterocycles. The number of phenols is 2. The molecule has 3 aromatic carbocycles. The minimum Gasteiger partial charge on any atom is -0.508 e. The molecule has 0 bridgehead atoms. The highest BCUT2D eigenvalue weighted by molar-refractivity contribution is 7.86. The van der Waals surface area contributed by atoms with Gasteiger partial charge in [-0.25, -0.2) is 0 Å². The highest BCUT2D eigenvalue weighted by atomic mass is 32.2. The van der Waals surface area contributed by atoms with Crippen LogP contribution in [-0.2, 0) is 14.9 Å². The molecule has 3 N–H and O–H groups in total. The van der Waals surface area contributed by atoms with E-state index in [1.807, 2.05) is 44.9 Å². The van der Waals surface area contributed by atoms with Crippen molar-refractivity contribution in [3.63, 3.8) is 0 Å². The highest BCUT2D eigenvalue weighted by Crippen LogP contribution is 2.24. The lowest BCUT2D eigenvalue weighted by atomic mass is 9.95. The van der Waals surface area contributed by atoms with E-state index in [1.165, 1.54) is 35.9 Å². The maximum atomic E-state index is 11.7. The third kappa shape index (κ3) is 8.82. The Morgan fingerprint density at radius 2 is 1.43 bits per heavy atom. The lowest BCUT2D eigenvalue weighted by Gasteiger charge is -2.09. The molecule has 1 aliphatic carbocycles. The fraction of sp³-hybridized carbons (Fsp3) is 0.0800. The molecule has 0 amide bonds. The number of nitrogens with zero attached hydrogens (tertiary/aromatic N) is 2. The fourth-order valence-corrected chi connectivity index (χ4v) is 3.47. The topological polar surface area (TPSA) is 165 Å². The van der Waals surface area contributed by atoms with Crippen LogP contribution in [0.1, 0.15) is 27.0 Å². The second kappa shape index (κ2) is 13.4. The molecule has 0 saturated carbocycles. The van der Waals surface area contributed by atoms with Gasteiger partial charge in [-0.1, -0.05) is 42.0 Å². The van der Waals surface area contributed by atoms with Crippen LogP contribution in [0.5, 0.6) is 11.5 Å².